The smallest absolute Gasteiger partial charge is 0.0922 e. The molecule has 0 aliphatic rings. The molecule has 1 nitrogen and oxygen atoms in total. The molecule has 112 valence electrons. The molecule has 18 heavy (non-hydrogen) atoms. The van der Waals surface area contributed by atoms with Crippen molar-refractivity contribution in [3.8, 4) is 0 Å². The van der Waals surface area contributed by atoms with Crippen LogP contribution in [-0.2, 0) is 0 Å². The van der Waals surface area contributed by atoms with Gasteiger partial charge in [0.1, 0.15) is 0 Å². The van der Waals surface area contributed by atoms with E-state index < -0.39 is 0 Å². The third-order valence-electron chi connectivity index (χ3n) is 3.73. The number of halogens is 2. The molecule has 0 aromatic carbocycles. The van der Waals surface area contributed by atoms with Crippen molar-refractivity contribution in [3.63, 3.8) is 0 Å². The Morgan fingerprint density at radius 3 is 1.67 bits per heavy atom. The Labute approximate surface area is 131 Å². The molecule has 0 heterocycles. The molecule has 0 bridgehead atoms. The van der Waals surface area contributed by atoms with Crippen LogP contribution in [0.2, 0.25) is 0 Å². The van der Waals surface area contributed by atoms with E-state index in [0.717, 1.165) is 12.4 Å². The Morgan fingerprint density at radius 1 is 0.722 bits per heavy atom. The summed E-state index contributed by atoms with van der Waals surface area (Å²) in [5, 5.41) is 0. The van der Waals surface area contributed by atoms with Crippen molar-refractivity contribution in [1.29, 1.82) is 0 Å². The summed E-state index contributed by atoms with van der Waals surface area (Å²) < 4.78 is 1.19. The number of hydrogen-bond acceptors (Lipinski definition) is 0. The predicted molar refractivity (Wildman–Crippen MR) is 79.8 cm³/mol. The number of quaternary nitrogens is 1. The van der Waals surface area contributed by atoms with Gasteiger partial charge >= 0.3 is 0 Å². The van der Waals surface area contributed by atoms with Crippen molar-refractivity contribution >= 4 is 11.6 Å². The summed E-state index contributed by atoms with van der Waals surface area (Å²) in [5.41, 5.74) is 0. The van der Waals surface area contributed by atoms with E-state index in [1.54, 1.807) is 0 Å². The lowest BCUT2D eigenvalue weighted by atomic mass is 10.1. The molecule has 0 aliphatic carbocycles. The zero-order valence-electron chi connectivity index (χ0n) is 12.7. The number of unbranched alkanes of at least 4 members (excludes halogenated alkanes) is 6. The maximum atomic E-state index is 5.95. The van der Waals surface area contributed by atoms with Gasteiger partial charge in [-0.25, -0.2) is 0 Å². The van der Waals surface area contributed by atoms with Crippen LogP contribution < -0.4 is 17.0 Å². The fraction of sp³-hybridized carbons (Fsp3) is 1.00. The summed E-state index contributed by atoms with van der Waals surface area (Å²) >= 11 is 5.95. The summed E-state index contributed by atoms with van der Waals surface area (Å²) in [5.74, 6) is 0.803. The minimum absolute atomic E-state index is 0. The van der Waals surface area contributed by atoms with E-state index in [1.807, 2.05) is 0 Å². The van der Waals surface area contributed by atoms with Gasteiger partial charge in [-0.1, -0.05) is 39.5 Å². The van der Waals surface area contributed by atoms with E-state index in [9.17, 15) is 0 Å². The highest BCUT2D eigenvalue weighted by molar-refractivity contribution is 6.17. The molecule has 0 fully saturated rings. The molecular formula is C15H33BrClN. The molecular weight excluding hydrogens is 310 g/mol. The van der Waals surface area contributed by atoms with Crippen LogP contribution in [0.4, 0.5) is 0 Å². The zero-order chi connectivity index (χ0) is 13.0. The maximum Gasteiger partial charge on any atom is 0.0922 e. The summed E-state index contributed by atoms with van der Waals surface area (Å²) in [7, 11) is 2.39. The molecule has 0 aliphatic heterocycles. The highest BCUT2D eigenvalue weighted by Gasteiger charge is 2.19. The Hall–Kier alpha value is 0.730. The van der Waals surface area contributed by atoms with Crippen LogP contribution in [0.1, 0.15) is 65.2 Å². The highest BCUT2D eigenvalue weighted by atomic mass is 79.9. The molecule has 1 atom stereocenters. The summed E-state index contributed by atoms with van der Waals surface area (Å²) in [6, 6.07) is 0. The van der Waals surface area contributed by atoms with Gasteiger partial charge in [0.2, 0.25) is 0 Å². The average molecular weight is 343 g/mol. The molecule has 0 saturated carbocycles. The minimum atomic E-state index is 0. The van der Waals surface area contributed by atoms with Crippen molar-refractivity contribution < 1.29 is 21.5 Å². The molecule has 0 aromatic heterocycles. The van der Waals surface area contributed by atoms with Crippen LogP contribution >= 0.6 is 11.6 Å². The third kappa shape index (κ3) is 11.8. The number of alkyl halides is 1. The van der Waals surface area contributed by atoms with E-state index in [2.05, 4.69) is 20.9 Å². The Balaban J connectivity index is 0. The molecule has 0 spiro atoms. The van der Waals surface area contributed by atoms with Crippen LogP contribution in [0, 0.1) is 0 Å². The second-order valence-electron chi connectivity index (χ2n) is 5.60. The first kappa shape index (κ1) is 21.0. The normalized spacial score (nSPS) is 14.0. The summed E-state index contributed by atoms with van der Waals surface area (Å²) in [6.07, 6.45) is 11.0. The van der Waals surface area contributed by atoms with Gasteiger partial charge in [0.25, 0.3) is 0 Å². The van der Waals surface area contributed by atoms with Crippen LogP contribution in [0.3, 0.4) is 0 Å². The minimum Gasteiger partial charge on any atom is -1.00 e. The maximum absolute atomic E-state index is 5.95. The van der Waals surface area contributed by atoms with Gasteiger partial charge in [0.15, 0.2) is 0 Å². The van der Waals surface area contributed by atoms with Crippen molar-refractivity contribution in [3.05, 3.63) is 0 Å². The van der Waals surface area contributed by atoms with Gasteiger partial charge < -0.3 is 21.5 Å². The largest absolute Gasteiger partial charge is 1.00 e. The average Bonchev–Trinajstić information content (AvgIpc) is 2.29. The van der Waals surface area contributed by atoms with Crippen LogP contribution in [0.25, 0.3) is 0 Å². The van der Waals surface area contributed by atoms with E-state index in [1.165, 1.54) is 68.9 Å². The van der Waals surface area contributed by atoms with Gasteiger partial charge in [0, 0.05) is 0 Å². The molecule has 0 saturated heterocycles. The molecule has 0 aromatic rings. The van der Waals surface area contributed by atoms with Crippen molar-refractivity contribution in [2.75, 3.05) is 32.6 Å². The Morgan fingerprint density at radius 2 is 1.17 bits per heavy atom. The van der Waals surface area contributed by atoms with Gasteiger partial charge in [0.05, 0.1) is 32.6 Å². The summed E-state index contributed by atoms with van der Waals surface area (Å²) in [4.78, 5) is 0. The SMILES string of the molecule is CCCCCCC[N+](C)(CCCl)CCCCC.[Br-]. The predicted octanol–water partition coefficient (Wildman–Crippen LogP) is 1.84. The Bertz CT molecular complexity index is 167. The zero-order valence-corrected chi connectivity index (χ0v) is 15.0. The lowest BCUT2D eigenvalue weighted by molar-refractivity contribution is -0.907. The van der Waals surface area contributed by atoms with E-state index in [-0.39, 0.29) is 17.0 Å². The lowest BCUT2D eigenvalue weighted by Gasteiger charge is -2.34. The molecule has 0 amide bonds. The molecule has 0 radical (unpaired) electrons. The second kappa shape index (κ2) is 14.1. The first-order chi connectivity index (χ1) is 8.18. The van der Waals surface area contributed by atoms with Crippen LogP contribution in [0.5, 0.6) is 0 Å². The second-order valence-corrected chi connectivity index (χ2v) is 5.98. The number of rotatable bonds is 12. The third-order valence-corrected chi connectivity index (χ3v) is 3.90. The van der Waals surface area contributed by atoms with Crippen molar-refractivity contribution in [1.82, 2.24) is 0 Å². The van der Waals surface area contributed by atoms with E-state index >= 15 is 0 Å². The van der Waals surface area contributed by atoms with Gasteiger partial charge in [-0.3, -0.25) is 0 Å². The van der Waals surface area contributed by atoms with Crippen molar-refractivity contribution in [2.45, 2.75) is 65.2 Å². The number of hydrogen-bond donors (Lipinski definition) is 0. The highest BCUT2D eigenvalue weighted by Crippen LogP contribution is 2.12. The molecule has 0 N–H and O–H groups in total. The first-order valence-corrected chi connectivity index (χ1v) is 8.11. The lowest BCUT2D eigenvalue weighted by Crippen LogP contribution is -3.00. The van der Waals surface area contributed by atoms with Crippen LogP contribution in [0.15, 0.2) is 0 Å². The van der Waals surface area contributed by atoms with E-state index in [0.29, 0.717) is 0 Å². The number of nitrogens with zero attached hydrogens (tertiary/aromatic N) is 1. The monoisotopic (exact) mass is 341 g/mol. The van der Waals surface area contributed by atoms with E-state index in [4.69, 9.17) is 11.6 Å². The standard InChI is InChI=1S/C15H33ClN.BrH/c1-4-6-8-9-11-14-17(3,15-12-16)13-10-7-5-2;/h4-15H2,1-3H3;1H/q+1;/p-1. The fourth-order valence-corrected chi connectivity index (χ4v) is 2.79. The fourth-order valence-electron chi connectivity index (χ4n) is 2.38. The van der Waals surface area contributed by atoms with Gasteiger partial charge in [-0.2, -0.15) is 0 Å². The molecule has 3 heteroatoms. The topological polar surface area (TPSA) is 0 Å². The quantitative estimate of drug-likeness (QED) is 0.288. The Kier molecular flexibility index (Phi) is 16.5. The van der Waals surface area contributed by atoms with Gasteiger partial charge in [-0.05, 0) is 25.7 Å². The van der Waals surface area contributed by atoms with Gasteiger partial charge in [-0.15, -0.1) is 11.6 Å². The molecule has 0 rings (SSSR count). The first-order valence-electron chi connectivity index (χ1n) is 7.58. The van der Waals surface area contributed by atoms with Crippen molar-refractivity contribution in [2.24, 2.45) is 0 Å². The summed E-state index contributed by atoms with van der Waals surface area (Å²) in [6.45, 7) is 8.32. The van der Waals surface area contributed by atoms with Crippen LogP contribution in [-0.4, -0.2) is 37.0 Å². The molecule has 1 unspecified atom stereocenters.